The summed E-state index contributed by atoms with van der Waals surface area (Å²) in [5.74, 6) is -4.68. The van der Waals surface area contributed by atoms with E-state index < -0.39 is 126 Å². The molecule has 4 heterocycles. The number of carboxylic acids is 2. The maximum absolute atomic E-state index is 14.4. The summed E-state index contributed by atoms with van der Waals surface area (Å²) in [7, 11) is -5.97. The largest absolute Gasteiger partial charge is 0.497 e. The Hall–Kier alpha value is -12.3. The summed E-state index contributed by atoms with van der Waals surface area (Å²) in [6, 6.07) is 43.2. The monoisotopic (exact) mass is 1670 g/mol. The molecule has 119 heavy (non-hydrogen) atoms. The Morgan fingerprint density at radius 3 is 1.38 bits per heavy atom. The lowest BCUT2D eigenvalue weighted by Gasteiger charge is -2.29. The molecule has 8 aromatic rings. The number of para-hydroxylation sites is 2. The van der Waals surface area contributed by atoms with E-state index in [-0.39, 0.29) is 79.1 Å². The number of unbranched alkanes of at least 4 members (excludes halogenated alkanes) is 6. The molecule has 0 spiro atoms. The van der Waals surface area contributed by atoms with Gasteiger partial charge in [0.15, 0.2) is 0 Å². The van der Waals surface area contributed by atoms with Crippen molar-refractivity contribution in [2.75, 3.05) is 37.9 Å². The second-order valence-electron chi connectivity index (χ2n) is 30.7. The topological polar surface area (TPSA) is 422 Å². The van der Waals surface area contributed by atoms with Crippen LogP contribution < -0.4 is 55.0 Å². The zero-order valence-corrected chi connectivity index (χ0v) is 68.3. The van der Waals surface area contributed by atoms with Crippen LogP contribution in [0.2, 0.25) is 0 Å². The number of pyridine rings is 2. The number of carbonyl (C=O) groups excluding carboxylic acids is 7. The van der Waals surface area contributed by atoms with Gasteiger partial charge in [0.25, 0.3) is 31.9 Å². The number of ether oxygens (including phenoxy) is 5. The Labute approximate surface area is 689 Å². The standard InChI is InChI=1S/C46H53N5O11S.C41H45N5O9S/c1-6-30-27-46(30,43(56)50-63(58,59)39-19-15-14-18-34(39)48-40(52)20-12-7-8-13-21-41(53)54)49-42(55)37-25-32(28-51(37)44(57)62-45(2,3)4)61-38-26-35(29-16-10-9-11-17-29)47-36-24-31(60-5)22-23-33(36)38;1-3-27-24-41(27,40(51)46-56(52,53)36-16-12-11-15-31(36)44-37(47)17-9-4-5-10-18-38(48)49)45-39(50)34-22-29(25-42-34)55-35-23-32(26-13-7-6-8-14-26)43-33-21-28(54-2)19-20-30(33)35/h6,9-11,14-19,22-24,26,30,32,37H,1,7-8,12-13,20-21,25,27-28H2,2-5H3,(H,48,52)(H,49,55)(H,50,56)(H,53,54);3,6-8,11-16,19-21,23,27,29,34,42H,1,4-5,9-10,17-18,22,24-25H2,2H3,(H,44,47)(H,45,50)(H,46,51)(H,48,49)/t30-,32-,37+,46-;27-,29-,34+,41-/m11/s1. The van der Waals surface area contributed by atoms with Crippen molar-refractivity contribution in [1.29, 1.82) is 0 Å². The second-order valence-corrected chi connectivity index (χ2v) is 34.0. The highest BCUT2D eigenvalue weighted by Crippen LogP contribution is 2.47. The highest BCUT2D eigenvalue weighted by molar-refractivity contribution is 7.90. The number of nitrogens with zero attached hydrogens (tertiary/aromatic N) is 3. The molecule has 2 aromatic heterocycles. The molecule has 2 aliphatic carbocycles. The van der Waals surface area contributed by atoms with E-state index in [1.807, 2.05) is 91.0 Å². The average molecular weight is 1670 g/mol. The van der Waals surface area contributed by atoms with Crippen LogP contribution in [-0.4, -0.2) is 164 Å². The van der Waals surface area contributed by atoms with Crippen molar-refractivity contribution in [2.24, 2.45) is 11.8 Å². The van der Waals surface area contributed by atoms with E-state index in [4.69, 9.17) is 43.9 Å². The fourth-order valence-corrected chi connectivity index (χ4v) is 16.8. The van der Waals surface area contributed by atoms with Gasteiger partial charge in [-0.25, -0.2) is 41.0 Å². The zero-order chi connectivity index (χ0) is 85.4. The molecule has 628 valence electrons. The van der Waals surface area contributed by atoms with E-state index >= 15 is 0 Å². The first-order valence-corrected chi connectivity index (χ1v) is 42.2. The molecule has 2 aliphatic heterocycles. The Kier molecular flexibility index (Phi) is 28.3. The van der Waals surface area contributed by atoms with Crippen molar-refractivity contribution in [3.8, 4) is 45.5 Å². The molecular weight excluding hydrogens is 1570 g/mol. The number of amides is 7. The normalized spacial score (nSPS) is 19.8. The number of benzene rings is 6. The number of hydrogen-bond donors (Lipinski definition) is 9. The van der Waals surface area contributed by atoms with Crippen molar-refractivity contribution >= 4 is 107 Å². The Morgan fingerprint density at radius 2 is 0.958 bits per heavy atom. The molecule has 30 nitrogen and oxygen atoms in total. The molecule has 2 saturated carbocycles. The molecule has 4 aliphatic rings. The van der Waals surface area contributed by atoms with Gasteiger partial charge in [0.1, 0.15) is 67.7 Å². The van der Waals surface area contributed by atoms with Crippen LogP contribution in [0.3, 0.4) is 0 Å². The number of fused-ring (bicyclic) bond motifs is 2. The molecule has 0 bridgehead atoms. The van der Waals surface area contributed by atoms with Crippen molar-refractivity contribution in [3.63, 3.8) is 0 Å². The number of aromatic nitrogens is 2. The zero-order valence-electron chi connectivity index (χ0n) is 66.7. The predicted molar refractivity (Wildman–Crippen MR) is 444 cm³/mol. The predicted octanol–water partition coefficient (Wildman–Crippen LogP) is 11.5. The van der Waals surface area contributed by atoms with Crippen LogP contribution in [0, 0.1) is 11.8 Å². The first-order valence-electron chi connectivity index (χ1n) is 39.2. The van der Waals surface area contributed by atoms with Gasteiger partial charge in [-0.05, 0) is 108 Å². The molecule has 0 radical (unpaired) electrons. The number of nitrogens with one attached hydrogen (secondary N) is 7. The van der Waals surface area contributed by atoms with E-state index in [1.54, 1.807) is 59.3 Å². The number of hydrogen-bond acceptors (Lipinski definition) is 21. The molecule has 2 saturated heterocycles. The fourth-order valence-electron chi connectivity index (χ4n) is 14.4. The highest BCUT2D eigenvalue weighted by atomic mass is 32.2. The minimum atomic E-state index is -4.61. The molecule has 0 unspecified atom stereocenters. The van der Waals surface area contributed by atoms with Gasteiger partial charge in [0, 0.05) is 103 Å². The Bertz CT molecular complexity index is 5380. The fraction of sp³-hybridized carbons (Fsp3) is 0.368. The SMILES string of the molecule is C=C[C@@H]1C[C@]1(NC(=O)[C@@H]1C[C@@H](Oc2cc(-c3ccccc3)nc3cc(OC)ccc23)CN1)C(=O)NS(=O)(=O)c1ccccc1NC(=O)CCCCCCC(=O)O.C=C[C@@H]1C[C@]1(NC(=O)[C@@H]1C[C@@H](Oc2cc(-c3ccccc3)nc3cc(OC)ccc23)CN1C(=O)OC(C)(C)C)C(=O)NS(=O)(=O)c1ccccc1NC(=O)CCCCCCC(=O)O. The third kappa shape index (κ3) is 22.3. The van der Waals surface area contributed by atoms with Gasteiger partial charge in [0.2, 0.25) is 23.6 Å². The number of likely N-dealkylation sites (tertiary alicyclic amines) is 1. The Morgan fingerprint density at radius 1 is 0.538 bits per heavy atom. The average Bonchev–Trinajstić information content (AvgIpc) is 1.56. The van der Waals surface area contributed by atoms with Crippen LogP contribution in [0.5, 0.6) is 23.0 Å². The molecule has 12 rings (SSSR count). The van der Waals surface area contributed by atoms with Gasteiger partial charge < -0.3 is 60.5 Å². The van der Waals surface area contributed by atoms with Crippen LogP contribution >= 0.6 is 0 Å². The summed E-state index contributed by atoms with van der Waals surface area (Å²) in [5, 5.41) is 33.0. The van der Waals surface area contributed by atoms with E-state index in [2.05, 4.69) is 49.2 Å². The highest BCUT2D eigenvalue weighted by Gasteiger charge is 2.63. The van der Waals surface area contributed by atoms with Crippen molar-refractivity contribution in [1.82, 2.24) is 40.3 Å². The van der Waals surface area contributed by atoms with Gasteiger partial charge in [-0.15, -0.1) is 13.2 Å². The van der Waals surface area contributed by atoms with Gasteiger partial charge in [-0.1, -0.05) is 123 Å². The lowest BCUT2D eigenvalue weighted by molar-refractivity contribution is -0.138. The summed E-state index contributed by atoms with van der Waals surface area (Å²) in [5.41, 5.74) is 0.112. The van der Waals surface area contributed by atoms with Crippen molar-refractivity contribution < 1.29 is 93.9 Å². The number of sulfonamides is 2. The maximum Gasteiger partial charge on any atom is 0.411 e. The Balaban J connectivity index is 0.000000235. The molecule has 8 atom stereocenters. The smallest absolute Gasteiger partial charge is 0.411 e. The lowest BCUT2D eigenvalue weighted by atomic mass is 10.1. The van der Waals surface area contributed by atoms with Gasteiger partial charge in [-0.3, -0.25) is 43.3 Å². The molecule has 7 amide bonds. The van der Waals surface area contributed by atoms with Crippen molar-refractivity contribution in [3.05, 3.63) is 183 Å². The summed E-state index contributed by atoms with van der Waals surface area (Å²) in [6.07, 6.45) is 6.26. The van der Waals surface area contributed by atoms with E-state index in [9.17, 15) is 60.0 Å². The third-order valence-corrected chi connectivity index (χ3v) is 23.6. The lowest BCUT2D eigenvalue weighted by Crippen LogP contribution is -2.56. The van der Waals surface area contributed by atoms with Crippen LogP contribution in [0.15, 0.2) is 193 Å². The summed E-state index contributed by atoms with van der Waals surface area (Å²) >= 11 is 0. The molecule has 9 N–H and O–H groups in total. The number of anilines is 2. The second kappa shape index (κ2) is 38.4. The number of methoxy groups -OCH3 is 2. The van der Waals surface area contributed by atoms with E-state index in [0.29, 0.717) is 109 Å². The number of carbonyl (C=O) groups is 9. The molecular formula is C87H98N10O20S2. The number of rotatable bonds is 36. The van der Waals surface area contributed by atoms with Crippen LogP contribution in [-0.2, 0) is 63.1 Å². The molecule has 4 fully saturated rings. The van der Waals surface area contributed by atoms with Crippen LogP contribution in [0.4, 0.5) is 16.2 Å². The van der Waals surface area contributed by atoms with Gasteiger partial charge in [0.05, 0.1) is 60.6 Å². The van der Waals surface area contributed by atoms with Gasteiger partial charge in [-0.2, -0.15) is 0 Å². The van der Waals surface area contributed by atoms with Gasteiger partial charge >= 0.3 is 18.0 Å². The minimum absolute atomic E-state index is 0.00368. The van der Waals surface area contributed by atoms with E-state index in [0.717, 1.165) is 16.5 Å². The third-order valence-electron chi connectivity index (χ3n) is 20.8. The summed E-state index contributed by atoms with van der Waals surface area (Å²) in [4.78, 5) is 127. The first kappa shape index (κ1) is 87.5. The summed E-state index contributed by atoms with van der Waals surface area (Å²) in [6.45, 7) is 12.9. The van der Waals surface area contributed by atoms with Crippen LogP contribution in [0.1, 0.15) is 124 Å². The molecule has 32 heteroatoms. The maximum atomic E-state index is 14.4. The van der Waals surface area contributed by atoms with E-state index in [1.165, 1.54) is 59.5 Å². The number of carboxylic acid groups (broad SMARTS) is 2. The quantitative estimate of drug-likeness (QED) is 0.0130. The van der Waals surface area contributed by atoms with Crippen LogP contribution in [0.25, 0.3) is 44.3 Å². The number of aliphatic carboxylic acids is 2. The summed E-state index contributed by atoms with van der Waals surface area (Å²) < 4.78 is 88.7. The van der Waals surface area contributed by atoms with Crippen molar-refractivity contribution in [2.45, 2.75) is 174 Å². The first-order chi connectivity index (χ1) is 56.8. The minimum Gasteiger partial charge on any atom is -0.497 e. The molecule has 6 aromatic carbocycles.